The van der Waals surface area contributed by atoms with Crippen LogP contribution in [0.1, 0.15) is 31.9 Å². The van der Waals surface area contributed by atoms with Gasteiger partial charge in [-0.1, -0.05) is 25.8 Å². The van der Waals surface area contributed by atoms with Crippen LogP contribution < -0.4 is 0 Å². The lowest BCUT2D eigenvalue weighted by Crippen LogP contribution is -1.87. The largest absolute Gasteiger partial charge is 0.291 e. The van der Waals surface area contributed by atoms with E-state index in [4.69, 9.17) is 0 Å². The van der Waals surface area contributed by atoms with Gasteiger partial charge in [-0.05, 0) is 18.6 Å². The van der Waals surface area contributed by atoms with E-state index < -0.39 is 0 Å². The fourth-order valence-electron chi connectivity index (χ4n) is 1.06. The summed E-state index contributed by atoms with van der Waals surface area (Å²) >= 11 is 0. The van der Waals surface area contributed by atoms with Crippen LogP contribution in [0.25, 0.3) is 0 Å². The summed E-state index contributed by atoms with van der Waals surface area (Å²) in [5.74, 6) is 0. The number of pyridine rings is 1. The molecule has 0 saturated carbocycles. The van der Waals surface area contributed by atoms with Gasteiger partial charge in [0, 0.05) is 19.0 Å². The molecule has 0 aliphatic heterocycles. The molecule has 0 spiro atoms. The summed E-state index contributed by atoms with van der Waals surface area (Å²) in [6.45, 7) is 3.12. The molecule has 70 valence electrons. The molecule has 2 nitrogen and oxygen atoms in total. The van der Waals surface area contributed by atoms with Crippen molar-refractivity contribution in [3.63, 3.8) is 0 Å². The molecule has 0 aromatic carbocycles. The summed E-state index contributed by atoms with van der Waals surface area (Å²) in [7, 11) is 0. The van der Waals surface area contributed by atoms with Gasteiger partial charge in [0.15, 0.2) is 0 Å². The van der Waals surface area contributed by atoms with Gasteiger partial charge in [-0.15, -0.1) is 0 Å². The molecule has 2 heteroatoms. The van der Waals surface area contributed by atoms with E-state index in [0.29, 0.717) is 0 Å². The van der Waals surface area contributed by atoms with Crippen molar-refractivity contribution in [3.8, 4) is 0 Å². The molecule has 0 bridgehead atoms. The fourth-order valence-corrected chi connectivity index (χ4v) is 1.06. The molecule has 0 fully saturated rings. The van der Waals surface area contributed by atoms with Crippen LogP contribution in [0, 0.1) is 0 Å². The van der Waals surface area contributed by atoms with Crippen LogP contribution in [0.5, 0.6) is 0 Å². The number of unbranched alkanes of at least 4 members (excludes halogenated alkanes) is 2. The van der Waals surface area contributed by atoms with Crippen molar-refractivity contribution in [3.05, 3.63) is 30.1 Å². The summed E-state index contributed by atoms with van der Waals surface area (Å²) in [6, 6.07) is 5.85. The zero-order chi connectivity index (χ0) is 9.36. The summed E-state index contributed by atoms with van der Waals surface area (Å²) in [6.07, 6.45) is 7.32. The summed E-state index contributed by atoms with van der Waals surface area (Å²) in [4.78, 5) is 8.44. The third-order valence-corrected chi connectivity index (χ3v) is 1.80. The van der Waals surface area contributed by atoms with Crippen LogP contribution in [0.4, 0.5) is 0 Å². The Kier molecular flexibility index (Phi) is 4.84. The van der Waals surface area contributed by atoms with Gasteiger partial charge in [0.2, 0.25) is 0 Å². The minimum Gasteiger partial charge on any atom is -0.291 e. The Morgan fingerprint density at radius 3 is 3.00 bits per heavy atom. The number of aliphatic imine (C=N–C) groups is 1. The zero-order valence-electron chi connectivity index (χ0n) is 8.11. The van der Waals surface area contributed by atoms with Gasteiger partial charge in [-0.2, -0.15) is 0 Å². The number of nitrogens with zero attached hydrogens (tertiary/aromatic N) is 2. The maximum absolute atomic E-state index is 4.29. The first kappa shape index (κ1) is 9.90. The molecule has 0 aliphatic rings. The molecule has 0 unspecified atom stereocenters. The van der Waals surface area contributed by atoms with Crippen molar-refractivity contribution >= 4 is 6.21 Å². The Balaban J connectivity index is 2.25. The molecule has 1 aromatic rings. The van der Waals surface area contributed by atoms with E-state index in [1.165, 1.54) is 19.3 Å². The second kappa shape index (κ2) is 6.35. The normalized spacial score (nSPS) is 10.8. The number of hydrogen-bond donors (Lipinski definition) is 0. The van der Waals surface area contributed by atoms with Crippen LogP contribution in [-0.4, -0.2) is 17.7 Å². The van der Waals surface area contributed by atoms with Gasteiger partial charge in [0.05, 0.1) is 5.69 Å². The molecule has 13 heavy (non-hydrogen) atoms. The molecule has 1 heterocycles. The van der Waals surface area contributed by atoms with Crippen molar-refractivity contribution in [2.45, 2.75) is 26.2 Å². The van der Waals surface area contributed by atoms with E-state index in [1.54, 1.807) is 6.20 Å². The Morgan fingerprint density at radius 1 is 1.38 bits per heavy atom. The first-order valence-corrected chi connectivity index (χ1v) is 4.84. The van der Waals surface area contributed by atoms with Crippen LogP contribution in [0.15, 0.2) is 29.4 Å². The van der Waals surface area contributed by atoms with Crippen LogP contribution >= 0.6 is 0 Å². The highest BCUT2D eigenvalue weighted by Crippen LogP contribution is 1.94. The molecule has 0 amide bonds. The topological polar surface area (TPSA) is 25.2 Å². The second-order valence-corrected chi connectivity index (χ2v) is 3.00. The lowest BCUT2D eigenvalue weighted by molar-refractivity contribution is 0.729. The molecule has 1 aromatic heterocycles. The Morgan fingerprint density at radius 2 is 2.31 bits per heavy atom. The second-order valence-electron chi connectivity index (χ2n) is 3.00. The molecule has 0 radical (unpaired) electrons. The number of rotatable bonds is 5. The SMILES string of the molecule is CCCCCN=Cc1ccccn1. The molecule has 1 rings (SSSR count). The number of hydrogen-bond acceptors (Lipinski definition) is 2. The third-order valence-electron chi connectivity index (χ3n) is 1.80. The summed E-state index contributed by atoms with van der Waals surface area (Å²) in [5, 5.41) is 0. The average molecular weight is 176 g/mol. The minimum absolute atomic E-state index is 0.921. The molecule has 0 saturated heterocycles. The van der Waals surface area contributed by atoms with Crippen LogP contribution in [0.2, 0.25) is 0 Å². The van der Waals surface area contributed by atoms with Gasteiger partial charge in [-0.25, -0.2) is 0 Å². The lowest BCUT2D eigenvalue weighted by atomic mass is 10.2. The van der Waals surface area contributed by atoms with Crippen molar-refractivity contribution in [2.24, 2.45) is 4.99 Å². The maximum atomic E-state index is 4.29. The van der Waals surface area contributed by atoms with Gasteiger partial charge < -0.3 is 0 Å². The lowest BCUT2D eigenvalue weighted by Gasteiger charge is -1.92. The van der Waals surface area contributed by atoms with E-state index in [1.807, 2.05) is 24.4 Å². The first-order chi connectivity index (χ1) is 6.43. The molecular weight excluding hydrogens is 160 g/mol. The third kappa shape index (κ3) is 4.41. The van der Waals surface area contributed by atoms with E-state index in [2.05, 4.69) is 16.9 Å². The van der Waals surface area contributed by atoms with Gasteiger partial charge >= 0.3 is 0 Å². The van der Waals surface area contributed by atoms with E-state index >= 15 is 0 Å². The van der Waals surface area contributed by atoms with Gasteiger partial charge in [0.1, 0.15) is 0 Å². The molecule has 0 N–H and O–H groups in total. The van der Waals surface area contributed by atoms with E-state index in [0.717, 1.165) is 12.2 Å². The smallest absolute Gasteiger partial charge is 0.0807 e. The predicted molar refractivity (Wildman–Crippen MR) is 56.2 cm³/mol. The number of aromatic nitrogens is 1. The highest BCUT2D eigenvalue weighted by molar-refractivity contribution is 5.76. The highest BCUT2D eigenvalue weighted by Gasteiger charge is 1.85. The van der Waals surface area contributed by atoms with E-state index in [9.17, 15) is 0 Å². The summed E-state index contributed by atoms with van der Waals surface area (Å²) < 4.78 is 0. The first-order valence-electron chi connectivity index (χ1n) is 4.84. The van der Waals surface area contributed by atoms with Crippen molar-refractivity contribution in [1.82, 2.24) is 4.98 Å². The molecule has 0 aliphatic carbocycles. The van der Waals surface area contributed by atoms with E-state index in [-0.39, 0.29) is 0 Å². The Bertz CT molecular complexity index is 242. The van der Waals surface area contributed by atoms with Gasteiger partial charge in [-0.3, -0.25) is 9.98 Å². The van der Waals surface area contributed by atoms with Crippen LogP contribution in [-0.2, 0) is 0 Å². The van der Waals surface area contributed by atoms with Crippen molar-refractivity contribution in [2.75, 3.05) is 6.54 Å². The maximum Gasteiger partial charge on any atom is 0.0807 e. The Labute approximate surface area is 79.7 Å². The zero-order valence-corrected chi connectivity index (χ0v) is 8.11. The monoisotopic (exact) mass is 176 g/mol. The standard InChI is InChI=1S/C11H16N2/c1-2-3-5-8-12-10-11-7-4-6-9-13-11/h4,6-7,9-10H,2-3,5,8H2,1H3. The predicted octanol–water partition coefficient (Wildman–Crippen LogP) is 2.69. The Hall–Kier alpha value is -1.18. The van der Waals surface area contributed by atoms with Crippen molar-refractivity contribution < 1.29 is 0 Å². The average Bonchev–Trinajstić information content (AvgIpc) is 2.19. The highest BCUT2D eigenvalue weighted by atomic mass is 14.7. The summed E-state index contributed by atoms with van der Waals surface area (Å²) in [5.41, 5.74) is 0.944. The quantitative estimate of drug-likeness (QED) is 0.500. The molecule has 0 atom stereocenters. The molecular formula is C11H16N2. The van der Waals surface area contributed by atoms with Crippen molar-refractivity contribution in [1.29, 1.82) is 0 Å². The fraction of sp³-hybridized carbons (Fsp3) is 0.455. The minimum atomic E-state index is 0.921. The van der Waals surface area contributed by atoms with Crippen LogP contribution in [0.3, 0.4) is 0 Å². The van der Waals surface area contributed by atoms with Gasteiger partial charge in [0.25, 0.3) is 0 Å².